The third-order valence-corrected chi connectivity index (χ3v) is 4.35. The maximum Gasteiger partial charge on any atom is 0.336 e. The van der Waals surface area contributed by atoms with Gasteiger partial charge >= 0.3 is 6.03 Å². The van der Waals surface area contributed by atoms with Crippen LogP contribution in [0.4, 0.5) is 36.3 Å². The Balaban J connectivity index is 1.67. The van der Waals surface area contributed by atoms with E-state index in [-0.39, 0.29) is 16.9 Å². The Morgan fingerprint density at radius 3 is 2.31 bits per heavy atom. The molecule has 0 atom stereocenters. The molecule has 0 aliphatic rings. The number of halogens is 2. The van der Waals surface area contributed by atoms with Gasteiger partial charge in [-0.05, 0) is 54.6 Å². The molecule has 3 amide bonds. The number of benzene rings is 3. The number of nitrogens with two attached hydrogens (primary N) is 1. The van der Waals surface area contributed by atoms with Crippen molar-refractivity contribution < 1.29 is 18.4 Å². The number of nitrogen functional groups attached to an aromatic ring is 1. The average Bonchev–Trinajstić information content (AvgIpc) is 2.71. The molecular weight excluding hydrogens is 398 g/mol. The first-order valence-electron chi connectivity index (χ1n) is 8.36. The highest BCUT2D eigenvalue weighted by Crippen LogP contribution is 2.24. The van der Waals surface area contributed by atoms with E-state index in [1.165, 1.54) is 54.6 Å². The van der Waals surface area contributed by atoms with Crippen molar-refractivity contribution in [1.82, 2.24) is 0 Å². The minimum Gasteiger partial charge on any atom is -0.397 e. The van der Waals surface area contributed by atoms with Crippen LogP contribution in [0.2, 0.25) is 0 Å². The van der Waals surface area contributed by atoms with Crippen LogP contribution in [0.5, 0.6) is 0 Å². The van der Waals surface area contributed by atoms with Crippen molar-refractivity contribution in [2.45, 2.75) is 0 Å². The van der Waals surface area contributed by atoms with Gasteiger partial charge in [0.1, 0.15) is 11.6 Å². The fraction of sp³-hybridized carbons (Fsp3) is 0. The zero-order chi connectivity index (χ0) is 21.0. The molecule has 29 heavy (non-hydrogen) atoms. The van der Waals surface area contributed by atoms with Gasteiger partial charge in [-0.15, -0.1) is 0 Å². The molecule has 0 spiro atoms. The van der Waals surface area contributed by atoms with Gasteiger partial charge in [0.2, 0.25) is 0 Å². The van der Waals surface area contributed by atoms with E-state index in [2.05, 4.69) is 23.4 Å². The molecule has 0 saturated carbocycles. The zero-order valence-electron chi connectivity index (χ0n) is 14.9. The molecule has 0 radical (unpaired) electrons. The summed E-state index contributed by atoms with van der Waals surface area (Å²) < 4.78 is 28.0. The Kier molecular flexibility index (Phi) is 5.99. The van der Waals surface area contributed by atoms with Crippen LogP contribution in [0.15, 0.2) is 66.7 Å². The van der Waals surface area contributed by atoms with Crippen molar-refractivity contribution in [2.24, 2.45) is 0 Å². The van der Waals surface area contributed by atoms with E-state index < -0.39 is 23.6 Å². The first kappa shape index (κ1) is 20.2. The van der Waals surface area contributed by atoms with Gasteiger partial charge in [0, 0.05) is 5.69 Å². The molecule has 9 heteroatoms. The van der Waals surface area contributed by atoms with Crippen molar-refractivity contribution in [3.05, 3.63) is 83.9 Å². The van der Waals surface area contributed by atoms with E-state index in [4.69, 9.17) is 5.73 Å². The number of nitrogens with one attached hydrogen (secondary N) is 2. The summed E-state index contributed by atoms with van der Waals surface area (Å²) in [6.45, 7) is 0. The standard InChI is InChI=1S/C20H16F2N4O2S/c21-12-5-10-17(23)18(11-12)25-20(28)26(29)14-8-6-13(7-9-14)24-19(27)15-3-1-2-4-16(15)22/h1-11,29H,23H2,(H,24,27)(H,25,28). The largest absolute Gasteiger partial charge is 0.397 e. The van der Waals surface area contributed by atoms with Crippen molar-refractivity contribution in [2.75, 3.05) is 20.7 Å². The van der Waals surface area contributed by atoms with Gasteiger partial charge in [-0.1, -0.05) is 24.9 Å². The Bertz CT molecular complexity index is 1060. The molecule has 3 aromatic rings. The van der Waals surface area contributed by atoms with E-state index in [1.54, 1.807) is 6.07 Å². The molecule has 0 aliphatic carbocycles. The molecule has 0 aliphatic heterocycles. The Morgan fingerprint density at radius 1 is 0.931 bits per heavy atom. The highest BCUT2D eigenvalue weighted by molar-refractivity contribution is 7.82. The van der Waals surface area contributed by atoms with Crippen molar-refractivity contribution >= 4 is 47.5 Å². The van der Waals surface area contributed by atoms with Gasteiger partial charge < -0.3 is 16.4 Å². The predicted molar refractivity (Wildman–Crippen MR) is 112 cm³/mol. The summed E-state index contributed by atoms with van der Waals surface area (Å²) in [6, 6.07) is 14.7. The zero-order valence-corrected chi connectivity index (χ0v) is 15.8. The highest BCUT2D eigenvalue weighted by atomic mass is 32.1. The summed E-state index contributed by atoms with van der Waals surface area (Å²) in [6.07, 6.45) is 0. The Labute approximate surface area is 170 Å². The molecule has 0 unspecified atom stereocenters. The summed E-state index contributed by atoms with van der Waals surface area (Å²) in [7, 11) is 0. The van der Waals surface area contributed by atoms with Crippen LogP contribution in [0.1, 0.15) is 10.4 Å². The van der Waals surface area contributed by atoms with E-state index in [0.717, 1.165) is 10.4 Å². The Morgan fingerprint density at radius 2 is 1.62 bits per heavy atom. The lowest BCUT2D eigenvalue weighted by Crippen LogP contribution is -2.27. The predicted octanol–water partition coefficient (Wildman–Crippen LogP) is 4.68. The number of rotatable bonds is 4. The quantitative estimate of drug-likeness (QED) is 0.369. The van der Waals surface area contributed by atoms with Gasteiger partial charge in [0.05, 0.1) is 22.6 Å². The van der Waals surface area contributed by atoms with Gasteiger partial charge in [-0.2, -0.15) is 0 Å². The Hall–Kier alpha value is -3.59. The van der Waals surface area contributed by atoms with Gasteiger partial charge in [-0.25, -0.2) is 17.9 Å². The van der Waals surface area contributed by atoms with Crippen LogP contribution >= 0.6 is 12.8 Å². The van der Waals surface area contributed by atoms with Crippen molar-refractivity contribution in [3.63, 3.8) is 0 Å². The van der Waals surface area contributed by atoms with E-state index in [1.807, 2.05) is 0 Å². The molecule has 0 fully saturated rings. The topological polar surface area (TPSA) is 87.5 Å². The number of hydrogen-bond donors (Lipinski definition) is 4. The minimum absolute atomic E-state index is 0.0838. The summed E-state index contributed by atoms with van der Waals surface area (Å²) >= 11 is 4.13. The van der Waals surface area contributed by atoms with Gasteiger partial charge in [0.25, 0.3) is 5.91 Å². The summed E-state index contributed by atoms with van der Waals surface area (Å²) in [5.74, 6) is -1.77. The fourth-order valence-electron chi connectivity index (χ4n) is 2.45. The first-order chi connectivity index (χ1) is 13.8. The maximum atomic E-state index is 13.7. The lowest BCUT2D eigenvalue weighted by atomic mass is 10.2. The summed E-state index contributed by atoms with van der Waals surface area (Å²) in [5.41, 5.74) is 6.72. The fourth-order valence-corrected chi connectivity index (χ4v) is 2.64. The summed E-state index contributed by atoms with van der Waals surface area (Å²) in [5, 5.41) is 5.02. The second-order valence-corrected chi connectivity index (χ2v) is 6.35. The number of carbonyl (C=O) groups is 2. The lowest BCUT2D eigenvalue weighted by molar-refractivity contribution is 0.102. The third kappa shape index (κ3) is 4.82. The van der Waals surface area contributed by atoms with Crippen LogP contribution in [-0.2, 0) is 0 Å². The van der Waals surface area contributed by atoms with Crippen molar-refractivity contribution in [1.29, 1.82) is 0 Å². The SMILES string of the molecule is Nc1ccc(F)cc1NC(=O)N(S)c1ccc(NC(=O)c2ccccc2F)cc1. The second kappa shape index (κ2) is 8.61. The minimum atomic E-state index is -0.659. The lowest BCUT2D eigenvalue weighted by Gasteiger charge is -2.18. The monoisotopic (exact) mass is 414 g/mol. The number of hydrogen-bond acceptors (Lipinski definition) is 4. The maximum absolute atomic E-state index is 13.7. The number of carbonyl (C=O) groups excluding carboxylic acids is 2. The van der Waals surface area contributed by atoms with E-state index in [0.29, 0.717) is 11.4 Å². The molecule has 0 heterocycles. The number of amides is 3. The smallest absolute Gasteiger partial charge is 0.336 e. The van der Waals surface area contributed by atoms with Crippen LogP contribution in [0.25, 0.3) is 0 Å². The highest BCUT2D eigenvalue weighted by Gasteiger charge is 2.15. The number of anilines is 4. The molecular formula is C20H16F2N4O2S. The van der Waals surface area contributed by atoms with E-state index >= 15 is 0 Å². The van der Waals surface area contributed by atoms with E-state index in [9.17, 15) is 18.4 Å². The van der Waals surface area contributed by atoms with Crippen LogP contribution in [0, 0.1) is 11.6 Å². The molecule has 0 aromatic heterocycles. The molecule has 3 aromatic carbocycles. The second-order valence-electron chi connectivity index (χ2n) is 5.95. The number of urea groups is 1. The molecule has 0 bridgehead atoms. The van der Waals surface area contributed by atoms with Crippen molar-refractivity contribution in [3.8, 4) is 0 Å². The molecule has 0 saturated heterocycles. The molecule has 4 N–H and O–H groups in total. The first-order valence-corrected chi connectivity index (χ1v) is 8.76. The summed E-state index contributed by atoms with van der Waals surface area (Å²) in [4.78, 5) is 24.5. The number of nitrogens with zero attached hydrogens (tertiary/aromatic N) is 1. The van der Waals surface area contributed by atoms with Crippen LogP contribution in [0.3, 0.4) is 0 Å². The average molecular weight is 414 g/mol. The number of thiol groups is 1. The normalized spacial score (nSPS) is 10.3. The molecule has 3 rings (SSSR count). The molecule has 6 nitrogen and oxygen atoms in total. The van der Waals surface area contributed by atoms with Gasteiger partial charge in [0.15, 0.2) is 0 Å². The van der Waals surface area contributed by atoms with Gasteiger partial charge in [-0.3, -0.25) is 4.79 Å². The molecule has 148 valence electrons. The van der Waals surface area contributed by atoms with Crippen LogP contribution < -0.4 is 20.7 Å². The van der Waals surface area contributed by atoms with Crippen LogP contribution in [-0.4, -0.2) is 11.9 Å². The third-order valence-electron chi connectivity index (χ3n) is 3.94.